The third-order valence-electron chi connectivity index (χ3n) is 6.83. The van der Waals surface area contributed by atoms with Gasteiger partial charge in [-0.25, -0.2) is 4.79 Å². The highest BCUT2D eigenvalue weighted by Gasteiger charge is 2.41. The molecule has 0 spiro atoms. The average Bonchev–Trinajstić information content (AvgIpc) is 2.80. The third kappa shape index (κ3) is 6.94. The lowest BCUT2D eigenvalue weighted by Gasteiger charge is -2.47. The summed E-state index contributed by atoms with van der Waals surface area (Å²) in [7, 11) is 3.27. The number of alkyl carbamates (subject to hydrolysis) is 1. The molecule has 3 rings (SSSR count). The molecular weight excluding hydrogens is 470 g/mol. The molecule has 0 saturated carbocycles. The first-order valence-electron chi connectivity index (χ1n) is 12.4. The summed E-state index contributed by atoms with van der Waals surface area (Å²) in [4.78, 5) is 27.9. The predicted octanol–water partition coefficient (Wildman–Crippen LogP) is 4.04. The number of hydrogen-bond acceptors (Lipinski definition) is 6. The topological polar surface area (TPSA) is 89.1 Å². The van der Waals surface area contributed by atoms with Crippen LogP contribution in [0.4, 0.5) is 4.79 Å². The first kappa shape index (κ1) is 27.4. The molecule has 0 bridgehead atoms. The Morgan fingerprint density at radius 2 is 1.83 bits per heavy atom. The molecule has 0 aliphatic carbocycles. The molecule has 1 fully saturated rings. The Hall–Kier alpha value is -2.19. The van der Waals surface area contributed by atoms with Crippen LogP contribution in [0.2, 0.25) is 0 Å². The Balaban J connectivity index is 1.84. The van der Waals surface area contributed by atoms with Crippen molar-refractivity contribution >= 4 is 23.6 Å². The molecule has 2 aliphatic rings. The summed E-state index contributed by atoms with van der Waals surface area (Å²) in [6, 6.07) is 3.65. The number of amides is 2. The van der Waals surface area contributed by atoms with Crippen LogP contribution in [0.1, 0.15) is 64.1 Å². The van der Waals surface area contributed by atoms with Gasteiger partial charge in [0.1, 0.15) is 5.60 Å². The van der Waals surface area contributed by atoms with E-state index in [1.807, 2.05) is 39.8 Å². The third-order valence-corrected chi connectivity index (χ3v) is 7.26. The maximum Gasteiger partial charge on any atom is 0.407 e. The van der Waals surface area contributed by atoms with Crippen molar-refractivity contribution in [2.75, 3.05) is 33.2 Å². The van der Waals surface area contributed by atoms with E-state index in [2.05, 4.69) is 15.5 Å². The number of nitrogens with zero attached hydrogens (tertiary/aromatic N) is 1. The monoisotopic (exact) mass is 509 g/mol. The van der Waals surface area contributed by atoms with E-state index in [0.29, 0.717) is 36.8 Å². The zero-order chi connectivity index (χ0) is 25.8. The van der Waals surface area contributed by atoms with E-state index in [0.717, 1.165) is 19.4 Å². The molecule has 9 heteroatoms. The molecule has 2 heterocycles. The second-order valence-corrected chi connectivity index (χ2v) is 10.8. The second kappa shape index (κ2) is 11.7. The first-order chi connectivity index (χ1) is 16.6. The molecule has 1 aromatic rings. The van der Waals surface area contributed by atoms with E-state index in [1.54, 1.807) is 14.2 Å². The van der Waals surface area contributed by atoms with Crippen molar-refractivity contribution in [1.29, 1.82) is 0 Å². The summed E-state index contributed by atoms with van der Waals surface area (Å²) in [5, 5.41) is 6.22. The Bertz CT molecular complexity index is 900. The van der Waals surface area contributed by atoms with Crippen molar-refractivity contribution in [1.82, 2.24) is 15.5 Å². The van der Waals surface area contributed by atoms with Gasteiger partial charge in [0, 0.05) is 31.4 Å². The Labute approximate surface area is 214 Å². The van der Waals surface area contributed by atoms with Crippen LogP contribution in [0.5, 0.6) is 11.5 Å². The minimum absolute atomic E-state index is 0.0410. The van der Waals surface area contributed by atoms with Crippen LogP contribution >= 0.6 is 11.6 Å². The highest BCUT2D eigenvalue weighted by molar-refractivity contribution is 6.18. The minimum atomic E-state index is -0.612. The number of rotatable bonds is 8. The molecule has 1 saturated heterocycles. The molecule has 1 aromatic carbocycles. The van der Waals surface area contributed by atoms with Gasteiger partial charge in [-0.05, 0) is 62.8 Å². The minimum Gasteiger partial charge on any atom is -0.493 e. The molecule has 2 amide bonds. The van der Waals surface area contributed by atoms with Crippen LogP contribution in [0, 0.1) is 5.92 Å². The molecule has 2 aliphatic heterocycles. The lowest BCUT2D eigenvalue weighted by molar-refractivity contribution is -0.123. The summed E-state index contributed by atoms with van der Waals surface area (Å²) in [5.41, 5.74) is 1.78. The zero-order valence-corrected chi connectivity index (χ0v) is 22.5. The van der Waals surface area contributed by atoms with Gasteiger partial charge >= 0.3 is 6.09 Å². The number of benzene rings is 1. The number of methoxy groups -OCH3 is 2. The van der Waals surface area contributed by atoms with E-state index in [1.165, 1.54) is 11.1 Å². The number of alkyl halides is 1. The van der Waals surface area contributed by atoms with Gasteiger partial charge in [-0.2, -0.15) is 0 Å². The fourth-order valence-electron chi connectivity index (χ4n) is 4.96. The largest absolute Gasteiger partial charge is 0.493 e. The van der Waals surface area contributed by atoms with Crippen molar-refractivity contribution in [3.63, 3.8) is 0 Å². The Morgan fingerprint density at radius 1 is 1.14 bits per heavy atom. The van der Waals surface area contributed by atoms with Crippen LogP contribution in [0.3, 0.4) is 0 Å². The molecule has 0 aromatic heterocycles. The molecule has 2 N–H and O–H groups in total. The lowest BCUT2D eigenvalue weighted by Crippen LogP contribution is -2.62. The van der Waals surface area contributed by atoms with Crippen molar-refractivity contribution in [2.45, 2.75) is 77.1 Å². The van der Waals surface area contributed by atoms with Crippen LogP contribution < -0.4 is 20.1 Å². The number of fused-ring (bicyclic) bond motifs is 3. The average molecular weight is 510 g/mol. The highest BCUT2D eigenvalue weighted by Crippen LogP contribution is 2.42. The van der Waals surface area contributed by atoms with Gasteiger partial charge < -0.3 is 24.8 Å². The van der Waals surface area contributed by atoms with Gasteiger partial charge in [0.2, 0.25) is 5.91 Å². The van der Waals surface area contributed by atoms with E-state index >= 15 is 0 Å². The lowest BCUT2D eigenvalue weighted by atomic mass is 9.82. The van der Waals surface area contributed by atoms with E-state index in [-0.39, 0.29) is 30.0 Å². The van der Waals surface area contributed by atoms with Crippen molar-refractivity contribution in [3.8, 4) is 11.5 Å². The quantitative estimate of drug-likeness (QED) is 0.514. The van der Waals surface area contributed by atoms with Crippen molar-refractivity contribution < 1.29 is 23.8 Å². The molecular formula is C26H40ClN3O5. The fourth-order valence-corrected chi connectivity index (χ4v) is 5.29. The summed E-state index contributed by atoms with van der Waals surface area (Å²) in [6.07, 6.45) is 2.25. The van der Waals surface area contributed by atoms with Crippen LogP contribution in [0.15, 0.2) is 12.1 Å². The van der Waals surface area contributed by atoms with E-state index < -0.39 is 11.7 Å². The van der Waals surface area contributed by atoms with Gasteiger partial charge in [-0.3, -0.25) is 9.69 Å². The standard InChI is InChI=1S/C26H40ClN3O5/c1-7-16(14-27)10-24(31)28-20-15-30-9-8-17-11-22(33-5)23(34-6)12-18(17)21(30)13-19(20)29-25(32)35-26(2,3)4/h11-12,16,19-21H,7-10,13-15H2,1-6H3,(H,28,31)(H,29,32). The number of nitrogens with one attached hydrogen (secondary N) is 2. The zero-order valence-electron chi connectivity index (χ0n) is 21.8. The summed E-state index contributed by atoms with van der Waals surface area (Å²) < 4.78 is 16.6. The number of ether oxygens (including phenoxy) is 3. The number of piperidine rings is 1. The van der Waals surface area contributed by atoms with Crippen LogP contribution in [-0.4, -0.2) is 67.8 Å². The second-order valence-electron chi connectivity index (χ2n) is 10.5. The fraction of sp³-hybridized carbons (Fsp3) is 0.692. The normalized spacial score (nSPS) is 22.9. The molecule has 0 radical (unpaired) electrons. The molecule has 35 heavy (non-hydrogen) atoms. The van der Waals surface area contributed by atoms with Crippen LogP contribution in [0.25, 0.3) is 0 Å². The maximum absolute atomic E-state index is 12.8. The number of halogens is 1. The number of carbonyl (C=O) groups excluding carboxylic acids is 2. The van der Waals surface area contributed by atoms with Crippen LogP contribution in [-0.2, 0) is 16.0 Å². The van der Waals surface area contributed by atoms with Crippen molar-refractivity contribution in [2.24, 2.45) is 5.92 Å². The van der Waals surface area contributed by atoms with Gasteiger partial charge in [-0.1, -0.05) is 13.3 Å². The van der Waals surface area contributed by atoms with Gasteiger partial charge in [0.15, 0.2) is 11.5 Å². The summed E-state index contributed by atoms with van der Waals surface area (Å²) in [6.45, 7) is 9.03. The smallest absolute Gasteiger partial charge is 0.407 e. The highest BCUT2D eigenvalue weighted by atomic mass is 35.5. The van der Waals surface area contributed by atoms with Gasteiger partial charge in [-0.15, -0.1) is 11.6 Å². The summed E-state index contributed by atoms with van der Waals surface area (Å²) >= 11 is 6.02. The van der Waals surface area contributed by atoms with Gasteiger partial charge in [0.05, 0.1) is 26.3 Å². The maximum atomic E-state index is 12.8. The SMILES string of the molecule is CCC(CCl)CC(=O)NC1CN2CCc3cc(OC)c(OC)cc3C2CC1NC(=O)OC(C)(C)C. The number of hydrogen-bond donors (Lipinski definition) is 2. The Kier molecular flexibility index (Phi) is 9.16. The van der Waals surface area contributed by atoms with E-state index in [4.69, 9.17) is 25.8 Å². The van der Waals surface area contributed by atoms with E-state index in [9.17, 15) is 9.59 Å². The molecule has 4 unspecified atom stereocenters. The Morgan fingerprint density at radius 3 is 2.43 bits per heavy atom. The van der Waals surface area contributed by atoms with Gasteiger partial charge in [0.25, 0.3) is 0 Å². The molecule has 4 atom stereocenters. The van der Waals surface area contributed by atoms with Crippen molar-refractivity contribution in [3.05, 3.63) is 23.3 Å². The number of carbonyl (C=O) groups is 2. The molecule has 196 valence electrons. The predicted molar refractivity (Wildman–Crippen MR) is 136 cm³/mol. The first-order valence-corrected chi connectivity index (χ1v) is 13.0. The summed E-state index contributed by atoms with van der Waals surface area (Å²) in [5.74, 6) is 1.95. The molecule has 8 nitrogen and oxygen atoms in total.